The zero-order valence-electron chi connectivity index (χ0n) is 17.8. The molecular weight excluding hydrogens is 518 g/mol. The minimum Gasteiger partial charge on any atom is -0.463 e. The third kappa shape index (κ3) is 5.77. The Morgan fingerprint density at radius 1 is 1.23 bits per heavy atom. The molecule has 3 N–H and O–H groups in total. The van der Waals surface area contributed by atoms with E-state index in [2.05, 4.69) is 10.3 Å². The summed E-state index contributed by atoms with van der Waals surface area (Å²) in [6, 6.07) is 11.0. The summed E-state index contributed by atoms with van der Waals surface area (Å²) in [5, 5.41) is 12.2. The molecule has 1 aliphatic rings. The molecule has 2 aromatic heterocycles. The summed E-state index contributed by atoms with van der Waals surface area (Å²) < 4.78 is 37.6. The number of carbonyl (C=O) groups is 2. The Morgan fingerprint density at radius 2 is 1.97 bits per heavy atom. The molecule has 1 aromatic carbocycles. The number of amides is 2. The third-order valence-electron chi connectivity index (χ3n) is 4.87. The summed E-state index contributed by atoms with van der Waals surface area (Å²) >= 11 is 6.76. The van der Waals surface area contributed by atoms with Gasteiger partial charge >= 0.3 is 0 Å². The van der Waals surface area contributed by atoms with E-state index in [9.17, 15) is 22.6 Å². The normalized spacial score (nSPS) is 13.4. The number of ether oxygens (including phenoxy) is 1. The van der Waals surface area contributed by atoms with Gasteiger partial charge in [-0.25, -0.2) is 4.98 Å². The highest BCUT2D eigenvalue weighted by molar-refractivity contribution is 7.85. The van der Waals surface area contributed by atoms with Crippen molar-refractivity contribution in [3.05, 3.63) is 69.5 Å². The monoisotopic (exact) mass is 535 g/mol. The Bertz CT molecular complexity index is 1380. The summed E-state index contributed by atoms with van der Waals surface area (Å²) in [6.45, 7) is 0.972. The van der Waals surface area contributed by atoms with E-state index in [0.29, 0.717) is 18.8 Å². The van der Waals surface area contributed by atoms with Gasteiger partial charge in [-0.15, -0.1) is 11.3 Å². The maximum Gasteiger partial charge on any atom is 0.289 e. The van der Waals surface area contributed by atoms with Gasteiger partial charge in [0.05, 0.1) is 17.1 Å². The van der Waals surface area contributed by atoms with Crippen LogP contribution >= 0.6 is 22.9 Å². The molecule has 1 aliphatic heterocycles. The molecule has 0 saturated carbocycles. The highest BCUT2D eigenvalue weighted by Crippen LogP contribution is 2.25. The lowest BCUT2D eigenvalue weighted by Crippen LogP contribution is -2.36. The highest BCUT2D eigenvalue weighted by atomic mass is 35.5. The van der Waals surface area contributed by atoms with Crippen LogP contribution in [0, 0.1) is 5.41 Å². The van der Waals surface area contributed by atoms with Gasteiger partial charge in [-0.2, -0.15) is 8.42 Å². The van der Waals surface area contributed by atoms with Crippen molar-refractivity contribution in [1.82, 2.24) is 4.98 Å². The van der Waals surface area contributed by atoms with Crippen LogP contribution in [0.25, 0.3) is 0 Å². The molecule has 0 radical (unpaired) electrons. The maximum absolute atomic E-state index is 13.2. The second-order valence-electron chi connectivity index (χ2n) is 7.25. The van der Waals surface area contributed by atoms with Crippen molar-refractivity contribution in [1.29, 1.82) is 5.41 Å². The van der Waals surface area contributed by atoms with Crippen molar-refractivity contribution in [2.24, 2.45) is 0 Å². The topological polar surface area (TPSA) is 153 Å². The molecule has 0 bridgehead atoms. The van der Waals surface area contributed by atoms with Crippen LogP contribution in [-0.4, -0.2) is 54.8 Å². The Kier molecular flexibility index (Phi) is 7.03. The van der Waals surface area contributed by atoms with Crippen molar-refractivity contribution >= 4 is 68.1 Å². The van der Waals surface area contributed by atoms with E-state index in [4.69, 9.17) is 21.7 Å². The maximum atomic E-state index is 13.2. The number of aromatic nitrogens is 1. The van der Waals surface area contributed by atoms with Gasteiger partial charge in [-0.3, -0.25) is 29.4 Å². The summed E-state index contributed by atoms with van der Waals surface area (Å²) in [4.78, 5) is 32.5. The Balaban J connectivity index is 1.55. The third-order valence-corrected chi connectivity index (χ3v) is 6.58. The predicted molar refractivity (Wildman–Crippen MR) is 132 cm³/mol. The number of halogens is 1. The molecular formula is C21H18ClN5O6S2. The first kappa shape index (κ1) is 24.6. The number of nitrogens with one attached hydrogen (secondary N) is 2. The lowest BCUT2D eigenvalue weighted by Gasteiger charge is -2.20. The zero-order valence-corrected chi connectivity index (χ0v) is 20.2. The number of thiophene rings is 1. The van der Waals surface area contributed by atoms with Crippen molar-refractivity contribution in [3.8, 4) is 0 Å². The molecule has 14 heteroatoms. The summed E-state index contributed by atoms with van der Waals surface area (Å²) in [7, 11) is -4.61. The van der Waals surface area contributed by atoms with Gasteiger partial charge in [0.25, 0.3) is 28.0 Å². The van der Waals surface area contributed by atoms with Crippen LogP contribution in [-0.2, 0) is 14.9 Å². The van der Waals surface area contributed by atoms with E-state index in [0.717, 1.165) is 21.9 Å². The highest BCUT2D eigenvalue weighted by Gasteiger charge is 2.29. The van der Waals surface area contributed by atoms with E-state index >= 15 is 0 Å². The fourth-order valence-corrected chi connectivity index (χ4v) is 4.80. The fraction of sp³-hybridized carbons (Fsp3) is 0.143. The minimum absolute atomic E-state index is 0.0214. The number of anilines is 3. The molecule has 0 spiro atoms. The molecule has 1 saturated heterocycles. The Morgan fingerprint density at radius 3 is 2.57 bits per heavy atom. The average Bonchev–Trinajstić information content (AvgIpc) is 3.47. The first-order chi connectivity index (χ1) is 16.6. The Labute approximate surface area is 209 Å². The molecule has 1 fully saturated rings. The molecule has 11 nitrogen and oxygen atoms in total. The van der Waals surface area contributed by atoms with Gasteiger partial charge in [0, 0.05) is 17.6 Å². The first-order valence-electron chi connectivity index (χ1n) is 9.99. The summed E-state index contributed by atoms with van der Waals surface area (Å²) in [5.41, 5.74) is 1.20. The standard InChI is InChI=1S/C21H18ClN5O6S2/c22-13-1-6-17(24-11-13)27(12-35(30,31)32)20(29)18-16(7-10-34-18)19(28)25-14-2-4-15(5-3-14)26-8-9-33-21(26)23/h1-7,10-11,23H,8-9,12H2,(H,25,28)(H,30,31,32). The van der Waals surface area contributed by atoms with Crippen molar-refractivity contribution in [2.75, 3.05) is 34.1 Å². The lowest BCUT2D eigenvalue weighted by molar-refractivity contribution is 0.0974. The number of carbonyl (C=O) groups excluding carboxylic acids is 2. The van der Waals surface area contributed by atoms with Crippen LogP contribution in [0.2, 0.25) is 5.02 Å². The van der Waals surface area contributed by atoms with Crippen LogP contribution in [0.5, 0.6) is 0 Å². The number of amidine groups is 1. The molecule has 0 unspecified atom stereocenters. The van der Waals surface area contributed by atoms with Gasteiger partial charge in [0.15, 0.2) is 5.88 Å². The summed E-state index contributed by atoms with van der Waals surface area (Å²) in [6.07, 6.45) is 1.22. The molecule has 3 aromatic rings. The number of pyridine rings is 1. The fourth-order valence-electron chi connectivity index (χ4n) is 3.28. The van der Waals surface area contributed by atoms with E-state index in [1.54, 1.807) is 29.2 Å². The molecule has 0 atom stereocenters. The molecule has 35 heavy (non-hydrogen) atoms. The van der Waals surface area contributed by atoms with Gasteiger partial charge in [-0.1, -0.05) is 11.6 Å². The lowest BCUT2D eigenvalue weighted by atomic mass is 10.2. The molecule has 3 heterocycles. The number of nitrogens with zero attached hydrogens (tertiary/aromatic N) is 3. The summed E-state index contributed by atoms with van der Waals surface area (Å²) in [5.74, 6) is -2.55. The van der Waals surface area contributed by atoms with Crippen molar-refractivity contribution < 1.29 is 27.3 Å². The van der Waals surface area contributed by atoms with Crippen molar-refractivity contribution in [3.63, 3.8) is 0 Å². The van der Waals surface area contributed by atoms with Crippen LogP contribution in [0.4, 0.5) is 17.2 Å². The average molecular weight is 536 g/mol. The van der Waals surface area contributed by atoms with Gasteiger partial charge < -0.3 is 10.1 Å². The number of hydrogen-bond acceptors (Lipinski definition) is 8. The van der Waals surface area contributed by atoms with Crippen LogP contribution in [0.15, 0.2) is 54.0 Å². The molecule has 4 rings (SSSR count). The van der Waals surface area contributed by atoms with E-state index in [1.807, 2.05) is 0 Å². The molecule has 182 valence electrons. The smallest absolute Gasteiger partial charge is 0.289 e. The van der Waals surface area contributed by atoms with E-state index in [-0.39, 0.29) is 27.3 Å². The van der Waals surface area contributed by atoms with Crippen molar-refractivity contribution in [2.45, 2.75) is 0 Å². The van der Waals surface area contributed by atoms with Crippen LogP contribution in [0.1, 0.15) is 20.0 Å². The van der Waals surface area contributed by atoms with Crippen LogP contribution < -0.4 is 15.1 Å². The Hall–Kier alpha value is -3.52. The van der Waals surface area contributed by atoms with Gasteiger partial charge in [-0.05, 0) is 47.8 Å². The zero-order chi connectivity index (χ0) is 25.2. The minimum atomic E-state index is -4.61. The SMILES string of the molecule is N=C1OCCN1c1ccc(NC(=O)c2ccsc2C(=O)N(CS(=O)(=O)O)c2ccc(Cl)cn2)cc1. The second-order valence-corrected chi connectivity index (χ2v) is 10.0. The quantitative estimate of drug-likeness (QED) is 0.389. The van der Waals surface area contributed by atoms with E-state index in [1.165, 1.54) is 29.8 Å². The molecule has 0 aliphatic carbocycles. The second kappa shape index (κ2) is 10.00. The largest absolute Gasteiger partial charge is 0.463 e. The van der Waals surface area contributed by atoms with Crippen LogP contribution in [0.3, 0.4) is 0 Å². The number of rotatable bonds is 7. The first-order valence-corrected chi connectivity index (χ1v) is 12.9. The van der Waals surface area contributed by atoms with E-state index < -0.39 is 27.8 Å². The molecule has 2 amide bonds. The number of benzene rings is 1. The van der Waals surface area contributed by atoms with Gasteiger partial charge in [0.1, 0.15) is 17.3 Å². The predicted octanol–water partition coefficient (Wildman–Crippen LogP) is 3.31. The number of hydrogen-bond donors (Lipinski definition) is 3. The van der Waals surface area contributed by atoms with Gasteiger partial charge in [0.2, 0.25) is 0 Å².